The van der Waals surface area contributed by atoms with Gasteiger partial charge < -0.3 is 9.47 Å². The monoisotopic (exact) mass is 449 g/mol. The van der Waals surface area contributed by atoms with Crippen molar-refractivity contribution in [3.8, 4) is 11.5 Å². The first-order valence-corrected chi connectivity index (χ1v) is 10.0. The molecule has 0 atom stereocenters. The quantitative estimate of drug-likeness (QED) is 0.207. The first kappa shape index (κ1) is 22.2. The number of alkyl halides is 2. The Kier molecular flexibility index (Phi) is 7.13. The van der Waals surface area contributed by atoms with Gasteiger partial charge in [0.05, 0.1) is 24.3 Å². The molecule has 0 bridgehead atoms. The number of nitro benzene ring substituents is 1. The molecule has 0 unspecified atom stereocenters. The van der Waals surface area contributed by atoms with Gasteiger partial charge in [-0.3, -0.25) is 10.1 Å². The van der Waals surface area contributed by atoms with Gasteiger partial charge in [0.2, 0.25) is 11.0 Å². The van der Waals surface area contributed by atoms with Crippen molar-refractivity contribution in [2.45, 2.75) is 18.2 Å². The van der Waals surface area contributed by atoms with Crippen LogP contribution in [0.15, 0.2) is 52.7 Å². The molecule has 9 nitrogen and oxygen atoms in total. The van der Waals surface area contributed by atoms with Crippen LogP contribution in [0.3, 0.4) is 0 Å². The first-order chi connectivity index (χ1) is 14.9. The number of thioether (sulfide) groups is 1. The second-order valence-electron chi connectivity index (χ2n) is 6.02. The predicted molar refractivity (Wildman–Crippen MR) is 110 cm³/mol. The molecular formula is C19H17F2N5O4S. The zero-order chi connectivity index (χ0) is 22.4. The van der Waals surface area contributed by atoms with Gasteiger partial charge in [-0.15, -0.1) is 10.2 Å². The summed E-state index contributed by atoms with van der Waals surface area (Å²) >= 11 is 1.14. The van der Waals surface area contributed by atoms with Crippen molar-refractivity contribution in [1.29, 1.82) is 0 Å². The molecule has 0 aliphatic heterocycles. The van der Waals surface area contributed by atoms with Crippen LogP contribution in [0, 0.1) is 10.1 Å². The Hall–Kier alpha value is -3.54. The summed E-state index contributed by atoms with van der Waals surface area (Å²) in [5.74, 6) is 0.305. The van der Waals surface area contributed by atoms with Crippen LogP contribution in [-0.4, -0.2) is 39.4 Å². The lowest BCUT2D eigenvalue weighted by Gasteiger charge is -2.11. The maximum Gasteiger partial charge on any atom is 0.299 e. The number of hydrogen-bond donors (Lipinski definition) is 0. The number of benzene rings is 2. The fraction of sp³-hybridized carbons (Fsp3) is 0.211. The van der Waals surface area contributed by atoms with E-state index in [1.807, 2.05) is 0 Å². The Labute approximate surface area is 179 Å². The zero-order valence-corrected chi connectivity index (χ0v) is 17.3. The van der Waals surface area contributed by atoms with E-state index in [2.05, 4.69) is 15.3 Å². The minimum Gasteiger partial charge on any atom is -0.496 e. The Morgan fingerprint density at radius 2 is 2.10 bits per heavy atom. The zero-order valence-electron chi connectivity index (χ0n) is 16.4. The fourth-order valence-corrected chi connectivity index (χ4v) is 3.05. The third-order valence-corrected chi connectivity index (χ3v) is 4.68. The molecule has 0 saturated carbocycles. The molecule has 0 fully saturated rings. The van der Waals surface area contributed by atoms with E-state index in [0.717, 1.165) is 16.4 Å². The third kappa shape index (κ3) is 5.34. The minimum absolute atomic E-state index is 0.0665. The molecule has 0 aliphatic carbocycles. The Morgan fingerprint density at radius 3 is 2.77 bits per heavy atom. The van der Waals surface area contributed by atoms with E-state index < -0.39 is 17.2 Å². The topological polar surface area (TPSA) is 105 Å². The van der Waals surface area contributed by atoms with Gasteiger partial charge in [0.1, 0.15) is 18.1 Å². The predicted octanol–water partition coefficient (Wildman–Crippen LogP) is 4.32. The van der Waals surface area contributed by atoms with Crippen molar-refractivity contribution in [2.24, 2.45) is 5.10 Å². The lowest BCUT2D eigenvalue weighted by Crippen LogP contribution is -2.02. The first-order valence-electron chi connectivity index (χ1n) is 8.79. The van der Waals surface area contributed by atoms with Gasteiger partial charge in [0.15, 0.2) is 0 Å². The highest BCUT2D eigenvalue weighted by Gasteiger charge is 2.19. The van der Waals surface area contributed by atoms with Gasteiger partial charge in [-0.05, 0) is 36.1 Å². The van der Waals surface area contributed by atoms with Crippen LogP contribution >= 0.6 is 11.8 Å². The van der Waals surface area contributed by atoms with Gasteiger partial charge in [0, 0.05) is 11.6 Å². The second-order valence-corrected chi connectivity index (χ2v) is 6.79. The number of aromatic nitrogens is 3. The molecule has 0 amide bonds. The molecule has 3 rings (SSSR count). The van der Waals surface area contributed by atoms with Gasteiger partial charge in [-0.1, -0.05) is 17.8 Å². The molecule has 2 aromatic carbocycles. The third-order valence-electron chi connectivity index (χ3n) is 4.06. The Balaban J connectivity index is 1.83. The summed E-state index contributed by atoms with van der Waals surface area (Å²) < 4.78 is 38.2. The largest absolute Gasteiger partial charge is 0.496 e. The smallest absolute Gasteiger partial charge is 0.299 e. The highest BCUT2D eigenvalue weighted by Crippen LogP contribution is 2.25. The number of nitro groups is 1. The van der Waals surface area contributed by atoms with Crippen LogP contribution in [0.25, 0.3) is 0 Å². The molecule has 1 heterocycles. The van der Waals surface area contributed by atoms with Crippen molar-refractivity contribution in [1.82, 2.24) is 14.9 Å². The Morgan fingerprint density at radius 1 is 1.29 bits per heavy atom. The van der Waals surface area contributed by atoms with E-state index in [-0.39, 0.29) is 17.5 Å². The lowest BCUT2D eigenvalue weighted by molar-refractivity contribution is -0.384. The van der Waals surface area contributed by atoms with Crippen molar-refractivity contribution in [3.05, 3.63) is 69.5 Å². The molecule has 1 aromatic heterocycles. The summed E-state index contributed by atoms with van der Waals surface area (Å²) in [4.78, 5) is 10.4. The van der Waals surface area contributed by atoms with E-state index in [9.17, 15) is 18.9 Å². The van der Waals surface area contributed by atoms with Gasteiger partial charge in [-0.25, -0.2) is 8.78 Å². The molecule has 31 heavy (non-hydrogen) atoms. The number of methoxy groups -OCH3 is 1. The van der Waals surface area contributed by atoms with Crippen LogP contribution in [0.5, 0.6) is 11.5 Å². The molecule has 0 spiro atoms. The fourth-order valence-electron chi connectivity index (χ4n) is 2.61. The molecular weight excluding hydrogens is 432 g/mol. The highest BCUT2D eigenvalue weighted by molar-refractivity contribution is 7.98. The summed E-state index contributed by atoms with van der Waals surface area (Å²) in [7, 11) is 1.50. The average Bonchev–Trinajstić information content (AvgIpc) is 3.19. The van der Waals surface area contributed by atoms with Crippen molar-refractivity contribution >= 4 is 23.7 Å². The molecule has 12 heteroatoms. The number of ether oxygens (including phenoxy) is 2. The number of halogens is 2. The maximum atomic E-state index is 13.1. The van der Waals surface area contributed by atoms with E-state index in [0.29, 0.717) is 22.6 Å². The van der Waals surface area contributed by atoms with E-state index in [1.165, 1.54) is 31.5 Å². The summed E-state index contributed by atoms with van der Waals surface area (Å²) in [6, 6.07) is 10.9. The minimum atomic E-state index is -2.82. The number of hydrogen-bond acceptors (Lipinski definition) is 8. The van der Waals surface area contributed by atoms with Crippen LogP contribution in [0.2, 0.25) is 0 Å². The van der Waals surface area contributed by atoms with Crippen LogP contribution in [0.1, 0.15) is 23.4 Å². The molecule has 0 N–H and O–H groups in total. The molecule has 3 aromatic rings. The molecule has 0 aliphatic rings. The van der Waals surface area contributed by atoms with Crippen molar-refractivity contribution < 1.29 is 23.2 Å². The van der Waals surface area contributed by atoms with Gasteiger partial charge in [-0.2, -0.15) is 9.78 Å². The average molecular weight is 449 g/mol. The molecule has 162 valence electrons. The van der Waals surface area contributed by atoms with E-state index in [4.69, 9.17) is 9.47 Å². The summed E-state index contributed by atoms with van der Waals surface area (Å²) in [6.07, 6.45) is 0.258. The standard InChI is InChI=1S/C19H17F2N5O4S/c1-29-16-7-6-12(10-22-25-18(17(20)21)23-24-19(25)31-2)8-13(16)11-30-15-5-3-4-14(9-15)26(27)28/h3-10,17H,11H2,1-2H3. The van der Waals surface area contributed by atoms with Crippen LogP contribution in [0.4, 0.5) is 14.5 Å². The van der Waals surface area contributed by atoms with E-state index >= 15 is 0 Å². The summed E-state index contributed by atoms with van der Waals surface area (Å²) in [5, 5.41) is 22.4. The molecule has 0 saturated heterocycles. The highest BCUT2D eigenvalue weighted by atomic mass is 32.2. The second kappa shape index (κ2) is 9.98. The van der Waals surface area contributed by atoms with Crippen molar-refractivity contribution in [2.75, 3.05) is 13.4 Å². The number of non-ortho nitro benzene ring substituents is 1. The van der Waals surface area contributed by atoms with Gasteiger partial charge >= 0.3 is 0 Å². The number of rotatable bonds is 9. The SMILES string of the molecule is COc1ccc(C=Nn2c(SC)nnc2C(F)F)cc1COc1cccc([N+](=O)[O-])c1. The van der Waals surface area contributed by atoms with Gasteiger partial charge in [0.25, 0.3) is 12.1 Å². The molecule has 0 radical (unpaired) electrons. The van der Waals surface area contributed by atoms with Crippen molar-refractivity contribution in [3.63, 3.8) is 0 Å². The summed E-state index contributed by atoms with van der Waals surface area (Å²) in [6.45, 7) is 0.0665. The lowest BCUT2D eigenvalue weighted by atomic mass is 10.1. The number of nitrogens with zero attached hydrogens (tertiary/aromatic N) is 5. The summed E-state index contributed by atoms with van der Waals surface area (Å²) in [5.41, 5.74) is 1.15. The normalized spacial score (nSPS) is 11.3. The maximum absolute atomic E-state index is 13.1. The van der Waals surface area contributed by atoms with Crippen LogP contribution < -0.4 is 9.47 Å². The Bertz CT molecular complexity index is 1110. The van der Waals surface area contributed by atoms with E-state index in [1.54, 1.807) is 30.5 Å². The van der Waals surface area contributed by atoms with Crippen LogP contribution in [-0.2, 0) is 6.61 Å².